The van der Waals surface area contributed by atoms with Gasteiger partial charge < -0.3 is 29.7 Å². The average molecular weight is 749 g/mol. The number of alkyl halides is 3. The number of amides is 2. The van der Waals surface area contributed by atoms with Crippen molar-refractivity contribution in [3.05, 3.63) is 95.1 Å². The molecule has 0 spiro atoms. The minimum atomic E-state index is -5.01. The number of rotatable bonds is 11. The SMILES string of the molecule is C[C@H]1[C@@H](CN2CCC[C@H]2CN2CCCC2)O[C@@H](c2ccc(-c3cccc(CNC(=O)[C@@H]4CCCN4C(=O)C(F)(F)F)c3)cc2)O[C@H]1c1ccc(CO)cc1. The summed E-state index contributed by atoms with van der Waals surface area (Å²) in [4.78, 5) is 30.6. The van der Waals surface area contributed by atoms with Gasteiger partial charge in [0.05, 0.1) is 18.8 Å². The number of aliphatic hydroxyl groups excluding tert-OH is 1. The molecule has 4 aliphatic heterocycles. The molecule has 0 aromatic heterocycles. The molecule has 12 heteroatoms. The molecule has 6 atom stereocenters. The van der Waals surface area contributed by atoms with Crippen LogP contribution in [0.5, 0.6) is 0 Å². The van der Waals surface area contributed by atoms with Gasteiger partial charge in [-0.3, -0.25) is 14.5 Å². The minimum absolute atomic E-state index is 0.0142. The van der Waals surface area contributed by atoms with Crippen LogP contribution in [0, 0.1) is 5.92 Å². The summed E-state index contributed by atoms with van der Waals surface area (Å²) in [6.07, 6.45) is -0.327. The Bertz CT molecular complexity index is 1730. The highest BCUT2D eigenvalue weighted by molar-refractivity contribution is 5.90. The second-order valence-corrected chi connectivity index (χ2v) is 15.3. The largest absolute Gasteiger partial charge is 0.471 e. The first-order chi connectivity index (χ1) is 26.1. The molecule has 4 aliphatic rings. The van der Waals surface area contributed by atoms with E-state index in [1.807, 2.05) is 72.8 Å². The first-order valence-electron chi connectivity index (χ1n) is 19.4. The fraction of sp³-hybridized carbons (Fsp3) is 0.524. The van der Waals surface area contributed by atoms with Crippen LogP contribution < -0.4 is 5.32 Å². The summed E-state index contributed by atoms with van der Waals surface area (Å²) in [7, 11) is 0. The van der Waals surface area contributed by atoms with Crippen molar-refractivity contribution in [3.8, 4) is 11.1 Å². The van der Waals surface area contributed by atoms with E-state index in [2.05, 4.69) is 22.0 Å². The molecule has 3 aromatic carbocycles. The van der Waals surface area contributed by atoms with Crippen molar-refractivity contribution in [1.29, 1.82) is 0 Å². The summed E-state index contributed by atoms with van der Waals surface area (Å²) in [5.74, 6) is -2.46. The zero-order valence-corrected chi connectivity index (χ0v) is 30.8. The molecule has 2 amide bonds. The van der Waals surface area contributed by atoms with E-state index in [9.17, 15) is 27.9 Å². The van der Waals surface area contributed by atoms with Crippen LogP contribution in [0.25, 0.3) is 11.1 Å². The van der Waals surface area contributed by atoms with Crippen LogP contribution >= 0.6 is 0 Å². The predicted molar refractivity (Wildman–Crippen MR) is 198 cm³/mol. The molecule has 2 N–H and O–H groups in total. The summed E-state index contributed by atoms with van der Waals surface area (Å²) < 4.78 is 52.8. The monoisotopic (exact) mass is 748 g/mol. The molecular weight excluding hydrogens is 697 g/mol. The van der Waals surface area contributed by atoms with Gasteiger partial charge in [0.15, 0.2) is 6.29 Å². The lowest BCUT2D eigenvalue weighted by Gasteiger charge is -2.43. The maximum atomic E-state index is 13.1. The van der Waals surface area contributed by atoms with Crippen molar-refractivity contribution >= 4 is 11.8 Å². The van der Waals surface area contributed by atoms with Gasteiger partial charge >= 0.3 is 12.1 Å². The highest BCUT2D eigenvalue weighted by Gasteiger charge is 2.47. The van der Waals surface area contributed by atoms with Crippen LogP contribution in [0.1, 0.15) is 80.1 Å². The summed E-state index contributed by atoms with van der Waals surface area (Å²) in [6.45, 7) is 7.63. The Morgan fingerprint density at radius 1 is 0.815 bits per heavy atom. The van der Waals surface area contributed by atoms with Gasteiger partial charge in [-0.2, -0.15) is 13.2 Å². The van der Waals surface area contributed by atoms with Crippen molar-refractivity contribution in [2.45, 2.75) is 95.4 Å². The highest BCUT2D eigenvalue weighted by Crippen LogP contribution is 2.43. The second-order valence-electron chi connectivity index (χ2n) is 15.3. The smallest absolute Gasteiger partial charge is 0.392 e. The van der Waals surface area contributed by atoms with E-state index in [-0.39, 0.29) is 44.2 Å². The van der Waals surface area contributed by atoms with Crippen LogP contribution in [0.4, 0.5) is 13.2 Å². The Morgan fingerprint density at radius 2 is 1.54 bits per heavy atom. The number of carbonyl (C=O) groups excluding carboxylic acids is 2. The van der Waals surface area contributed by atoms with Gasteiger partial charge in [0, 0.05) is 43.7 Å². The Kier molecular flexibility index (Phi) is 12.0. The Balaban J connectivity index is 1.04. The number of aliphatic hydroxyl groups is 1. The van der Waals surface area contributed by atoms with E-state index in [1.54, 1.807) is 0 Å². The normalized spacial score (nSPS) is 26.7. The van der Waals surface area contributed by atoms with Crippen molar-refractivity contribution in [2.24, 2.45) is 5.92 Å². The van der Waals surface area contributed by atoms with Crippen LogP contribution in [-0.2, 0) is 32.2 Å². The summed E-state index contributed by atoms with van der Waals surface area (Å²) in [6, 6.07) is 23.1. The van der Waals surface area contributed by atoms with E-state index >= 15 is 0 Å². The van der Waals surface area contributed by atoms with Gasteiger partial charge in [0.2, 0.25) is 5.91 Å². The molecule has 3 aromatic rings. The van der Waals surface area contributed by atoms with E-state index in [0.717, 1.165) is 53.0 Å². The number of nitrogens with one attached hydrogen (secondary N) is 1. The number of carbonyl (C=O) groups is 2. The molecule has 4 heterocycles. The molecule has 9 nitrogen and oxygen atoms in total. The standard InChI is InChI=1S/C42H51F3N4O5/c1-28-37(26-48-21-5-9-35(48)25-47-19-2-3-20-47)53-40(54-38(28)32-13-11-29(27-50)12-14-32)33-17-15-31(16-18-33)34-8-4-7-30(23-34)24-46-39(51)36-10-6-22-49(36)41(52)42(43,44)45/h4,7-8,11-18,23,28,35-38,40,50H,2-3,5-6,9-10,19-22,24-27H2,1H3,(H,46,51)/t28-,35-,36-,37+,38+,40+/m0/s1. The van der Waals surface area contributed by atoms with Gasteiger partial charge in [0.25, 0.3) is 0 Å². The van der Waals surface area contributed by atoms with Gasteiger partial charge in [-0.15, -0.1) is 0 Å². The summed E-state index contributed by atoms with van der Waals surface area (Å²) >= 11 is 0. The Morgan fingerprint density at radius 3 is 2.26 bits per heavy atom. The Hall–Kier alpha value is -3.81. The summed E-state index contributed by atoms with van der Waals surface area (Å²) in [5.41, 5.74) is 5.46. The molecule has 54 heavy (non-hydrogen) atoms. The van der Waals surface area contributed by atoms with E-state index < -0.39 is 30.3 Å². The maximum absolute atomic E-state index is 13.1. The van der Waals surface area contributed by atoms with Gasteiger partial charge in [-0.25, -0.2) is 0 Å². The number of hydrogen-bond acceptors (Lipinski definition) is 7. The molecule has 4 saturated heterocycles. The van der Waals surface area contributed by atoms with E-state index in [4.69, 9.17) is 9.47 Å². The number of benzene rings is 3. The van der Waals surface area contributed by atoms with Gasteiger partial charge in [0.1, 0.15) is 6.04 Å². The molecule has 4 fully saturated rings. The molecule has 0 unspecified atom stereocenters. The van der Waals surface area contributed by atoms with Crippen LogP contribution in [0.2, 0.25) is 0 Å². The highest BCUT2D eigenvalue weighted by atomic mass is 19.4. The molecule has 290 valence electrons. The molecule has 0 radical (unpaired) electrons. The summed E-state index contributed by atoms with van der Waals surface area (Å²) in [5, 5.41) is 12.4. The molecule has 7 rings (SSSR count). The van der Waals surface area contributed by atoms with Gasteiger partial charge in [-0.1, -0.05) is 73.7 Å². The molecule has 0 saturated carbocycles. The first kappa shape index (κ1) is 38.5. The van der Waals surface area contributed by atoms with Crippen molar-refractivity contribution < 1.29 is 37.3 Å². The fourth-order valence-corrected chi connectivity index (χ4v) is 8.61. The second kappa shape index (κ2) is 16.9. The van der Waals surface area contributed by atoms with E-state index in [1.165, 1.54) is 38.8 Å². The number of likely N-dealkylation sites (tertiary alicyclic amines) is 3. The predicted octanol–water partition coefficient (Wildman–Crippen LogP) is 6.37. The fourth-order valence-electron chi connectivity index (χ4n) is 8.61. The number of nitrogens with zero attached hydrogens (tertiary/aromatic N) is 3. The molecule has 0 bridgehead atoms. The zero-order chi connectivity index (χ0) is 37.8. The zero-order valence-electron chi connectivity index (χ0n) is 30.8. The van der Waals surface area contributed by atoms with Crippen molar-refractivity contribution in [3.63, 3.8) is 0 Å². The number of halogens is 3. The van der Waals surface area contributed by atoms with Crippen molar-refractivity contribution in [2.75, 3.05) is 39.3 Å². The third kappa shape index (κ3) is 8.84. The van der Waals surface area contributed by atoms with E-state index in [0.29, 0.717) is 17.4 Å². The lowest BCUT2D eigenvalue weighted by atomic mass is 9.89. The third-order valence-electron chi connectivity index (χ3n) is 11.7. The molecular formula is C42H51F3N4O5. The quantitative estimate of drug-likeness (QED) is 0.236. The van der Waals surface area contributed by atoms with Crippen LogP contribution in [0.3, 0.4) is 0 Å². The third-order valence-corrected chi connectivity index (χ3v) is 11.7. The first-order valence-corrected chi connectivity index (χ1v) is 19.4. The van der Waals surface area contributed by atoms with Gasteiger partial charge in [-0.05, 0) is 92.0 Å². The Labute approximate surface area is 315 Å². The van der Waals surface area contributed by atoms with Crippen LogP contribution in [-0.4, -0.2) is 95.3 Å². The number of hydrogen-bond donors (Lipinski definition) is 2. The average Bonchev–Trinajstić information content (AvgIpc) is 3.98. The topological polar surface area (TPSA) is 94.6 Å². The lowest BCUT2D eigenvalue weighted by Crippen LogP contribution is -2.50. The number of ether oxygens (including phenoxy) is 2. The maximum Gasteiger partial charge on any atom is 0.471 e. The van der Waals surface area contributed by atoms with Crippen LogP contribution in [0.15, 0.2) is 72.8 Å². The lowest BCUT2D eigenvalue weighted by molar-refractivity contribution is -0.276. The van der Waals surface area contributed by atoms with Crippen molar-refractivity contribution in [1.82, 2.24) is 20.0 Å². The minimum Gasteiger partial charge on any atom is -0.392 e. The molecule has 0 aliphatic carbocycles.